The second-order valence-electron chi connectivity index (χ2n) is 5.96. The number of rotatable bonds is 9. The van der Waals surface area contributed by atoms with Crippen molar-refractivity contribution in [1.82, 2.24) is 10.6 Å². The van der Waals surface area contributed by atoms with Gasteiger partial charge < -0.3 is 10.6 Å². The quantitative estimate of drug-likeness (QED) is 0.637. The first-order valence-corrected chi connectivity index (χ1v) is 9.31. The number of benzene rings is 2. The van der Waals surface area contributed by atoms with Gasteiger partial charge in [0, 0.05) is 19.5 Å². The zero-order chi connectivity index (χ0) is 18.8. The number of hydrogen-bond donors (Lipinski definition) is 2. The molecule has 2 N–H and O–H groups in total. The van der Waals surface area contributed by atoms with Gasteiger partial charge in [-0.05, 0) is 36.1 Å². The van der Waals surface area contributed by atoms with Crippen LogP contribution in [0.15, 0.2) is 48.5 Å². The van der Waals surface area contributed by atoms with Crippen LogP contribution in [0.5, 0.6) is 0 Å². The van der Waals surface area contributed by atoms with Crippen molar-refractivity contribution in [3.05, 3.63) is 69.7 Å². The molecule has 0 aromatic heterocycles. The van der Waals surface area contributed by atoms with Crippen LogP contribution in [0.1, 0.15) is 24.0 Å². The average molecular weight is 393 g/mol. The minimum atomic E-state index is -0.0509. The SMILES string of the molecule is O=C(CCCc1ccc(Cl)c(Cl)c1)NCCNC(=O)Cc1ccccc1. The fraction of sp³-hybridized carbons (Fsp3) is 0.300. The molecule has 4 nitrogen and oxygen atoms in total. The van der Waals surface area contributed by atoms with Gasteiger partial charge in [0.15, 0.2) is 0 Å². The zero-order valence-corrected chi connectivity index (χ0v) is 15.9. The van der Waals surface area contributed by atoms with Gasteiger partial charge in [0.05, 0.1) is 16.5 Å². The van der Waals surface area contributed by atoms with Gasteiger partial charge in [0.1, 0.15) is 0 Å². The van der Waals surface area contributed by atoms with Crippen molar-refractivity contribution in [2.45, 2.75) is 25.7 Å². The van der Waals surface area contributed by atoms with Crippen molar-refractivity contribution in [3.8, 4) is 0 Å². The summed E-state index contributed by atoms with van der Waals surface area (Å²) in [5.74, 6) is -0.0764. The first-order chi connectivity index (χ1) is 12.5. The molecule has 0 aliphatic carbocycles. The molecule has 2 amide bonds. The van der Waals surface area contributed by atoms with E-state index in [1.807, 2.05) is 42.5 Å². The van der Waals surface area contributed by atoms with Crippen LogP contribution in [0.25, 0.3) is 0 Å². The normalized spacial score (nSPS) is 10.4. The first-order valence-electron chi connectivity index (χ1n) is 8.56. The van der Waals surface area contributed by atoms with Crippen molar-refractivity contribution in [3.63, 3.8) is 0 Å². The summed E-state index contributed by atoms with van der Waals surface area (Å²) in [6.45, 7) is 0.844. The Hall–Kier alpha value is -2.04. The number of carbonyl (C=O) groups is 2. The lowest BCUT2D eigenvalue weighted by Gasteiger charge is -2.08. The summed E-state index contributed by atoms with van der Waals surface area (Å²) in [7, 11) is 0. The minimum Gasteiger partial charge on any atom is -0.354 e. The highest BCUT2D eigenvalue weighted by Gasteiger charge is 2.05. The van der Waals surface area contributed by atoms with Gasteiger partial charge in [-0.3, -0.25) is 9.59 Å². The van der Waals surface area contributed by atoms with Gasteiger partial charge >= 0.3 is 0 Å². The molecule has 138 valence electrons. The lowest BCUT2D eigenvalue weighted by Crippen LogP contribution is -2.35. The molecule has 0 atom stereocenters. The van der Waals surface area contributed by atoms with Crippen molar-refractivity contribution in [1.29, 1.82) is 0 Å². The van der Waals surface area contributed by atoms with Crippen LogP contribution in [0.2, 0.25) is 10.0 Å². The van der Waals surface area contributed by atoms with Gasteiger partial charge in [-0.15, -0.1) is 0 Å². The van der Waals surface area contributed by atoms with E-state index >= 15 is 0 Å². The molecule has 2 rings (SSSR count). The molecular formula is C20H22Cl2N2O2. The second kappa shape index (κ2) is 10.8. The number of carbonyl (C=O) groups excluding carboxylic acids is 2. The van der Waals surface area contributed by atoms with Crippen LogP contribution in [-0.4, -0.2) is 24.9 Å². The predicted molar refractivity (Wildman–Crippen MR) is 106 cm³/mol. The number of aryl methyl sites for hydroxylation is 1. The largest absolute Gasteiger partial charge is 0.354 e. The summed E-state index contributed by atoms with van der Waals surface area (Å²) in [5.41, 5.74) is 2.02. The highest BCUT2D eigenvalue weighted by molar-refractivity contribution is 6.42. The van der Waals surface area contributed by atoms with E-state index in [-0.39, 0.29) is 11.8 Å². The number of nitrogens with one attached hydrogen (secondary N) is 2. The predicted octanol–water partition coefficient (Wildman–Crippen LogP) is 3.79. The summed E-state index contributed by atoms with van der Waals surface area (Å²) in [6, 6.07) is 15.0. The lowest BCUT2D eigenvalue weighted by molar-refractivity contribution is -0.122. The molecule has 0 bridgehead atoms. The first kappa shape index (κ1) is 20.3. The molecule has 6 heteroatoms. The summed E-state index contributed by atoms with van der Waals surface area (Å²) in [6.07, 6.45) is 2.26. The summed E-state index contributed by atoms with van der Waals surface area (Å²) in [4.78, 5) is 23.6. The summed E-state index contributed by atoms with van der Waals surface area (Å²) < 4.78 is 0. The van der Waals surface area contributed by atoms with Crippen molar-refractivity contribution in [2.24, 2.45) is 0 Å². The molecule has 0 aliphatic rings. The molecular weight excluding hydrogens is 371 g/mol. The molecule has 0 spiro atoms. The molecule has 2 aromatic rings. The Balaban J connectivity index is 1.56. The van der Waals surface area contributed by atoms with Gasteiger partial charge in [0.2, 0.25) is 11.8 Å². The van der Waals surface area contributed by atoms with E-state index in [1.54, 1.807) is 6.07 Å². The summed E-state index contributed by atoms with van der Waals surface area (Å²) >= 11 is 11.8. The Labute approximate surface area is 163 Å². The van der Waals surface area contributed by atoms with Gasteiger partial charge in [0.25, 0.3) is 0 Å². The lowest BCUT2D eigenvalue weighted by atomic mass is 10.1. The third kappa shape index (κ3) is 7.46. The van der Waals surface area contributed by atoms with Gasteiger partial charge in [-0.25, -0.2) is 0 Å². The van der Waals surface area contributed by atoms with E-state index in [2.05, 4.69) is 10.6 Å². The van der Waals surface area contributed by atoms with Gasteiger partial charge in [-0.1, -0.05) is 59.6 Å². The van der Waals surface area contributed by atoms with Crippen LogP contribution in [0.3, 0.4) is 0 Å². The van der Waals surface area contributed by atoms with E-state index < -0.39 is 0 Å². The Morgan fingerprint density at radius 3 is 2.19 bits per heavy atom. The van der Waals surface area contributed by atoms with E-state index in [1.165, 1.54) is 0 Å². The Bertz CT molecular complexity index is 736. The third-order valence-corrected chi connectivity index (χ3v) is 4.57. The maximum atomic E-state index is 11.8. The Kier molecular flexibility index (Phi) is 8.45. The monoisotopic (exact) mass is 392 g/mol. The Morgan fingerprint density at radius 2 is 1.50 bits per heavy atom. The van der Waals surface area contributed by atoms with Crippen molar-refractivity contribution in [2.75, 3.05) is 13.1 Å². The second-order valence-corrected chi connectivity index (χ2v) is 6.78. The van der Waals surface area contributed by atoms with Crippen LogP contribution in [-0.2, 0) is 22.4 Å². The zero-order valence-electron chi connectivity index (χ0n) is 14.4. The topological polar surface area (TPSA) is 58.2 Å². The Morgan fingerprint density at radius 1 is 0.808 bits per heavy atom. The summed E-state index contributed by atoms with van der Waals surface area (Å²) in [5, 5.41) is 6.66. The highest BCUT2D eigenvalue weighted by Crippen LogP contribution is 2.23. The number of hydrogen-bond acceptors (Lipinski definition) is 2. The van der Waals surface area contributed by atoms with Crippen molar-refractivity contribution >= 4 is 35.0 Å². The van der Waals surface area contributed by atoms with Gasteiger partial charge in [-0.2, -0.15) is 0 Å². The molecule has 26 heavy (non-hydrogen) atoms. The number of amides is 2. The highest BCUT2D eigenvalue weighted by atomic mass is 35.5. The molecule has 0 radical (unpaired) electrons. The third-order valence-electron chi connectivity index (χ3n) is 3.83. The minimum absolute atomic E-state index is 0.0256. The molecule has 0 aliphatic heterocycles. The smallest absolute Gasteiger partial charge is 0.224 e. The van der Waals surface area contributed by atoms with Crippen LogP contribution in [0.4, 0.5) is 0 Å². The molecule has 0 saturated heterocycles. The standard InChI is InChI=1S/C20H22Cl2N2O2/c21-17-10-9-16(13-18(17)22)7-4-8-19(25)23-11-12-24-20(26)14-15-5-2-1-3-6-15/h1-3,5-6,9-10,13H,4,7-8,11-12,14H2,(H,23,25)(H,24,26). The molecule has 0 heterocycles. The van der Waals surface area contributed by atoms with Crippen molar-refractivity contribution < 1.29 is 9.59 Å². The van der Waals surface area contributed by atoms with E-state index in [0.717, 1.165) is 24.0 Å². The number of halogens is 2. The van der Waals surface area contributed by atoms with E-state index in [0.29, 0.717) is 36.0 Å². The van der Waals surface area contributed by atoms with E-state index in [4.69, 9.17) is 23.2 Å². The molecule has 2 aromatic carbocycles. The maximum absolute atomic E-state index is 11.8. The average Bonchev–Trinajstić information content (AvgIpc) is 2.62. The van der Waals surface area contributed by atoms with Crippen LogP contribution in [0, 0.1) is 0 Å². The van der Waals surface area contributed by atoms with E-state index in [9.17, 15) is 9.59 Å². The fourth-order valence-electron chi connectivity index (χ4n) is 2.48. The van der Waals surface area contributed by atoms with Crippen LogP contribution >= 0.6 is 23.2 Å². The maximum Gasteiger partial charge on any atom is 0.224 e. The molecule has 0 unspecified atom stereocenters. The van der Waals surface area contributed by atoms with Crippen LogP contribution < -0.4 is 10.6 Å². The fourth-order valence-corrected chi connectivity index (χ4v) is 2.80. The molecule has 0 saturated carbocycles. The molecule has 0 fully saturated rings.